The van der Waals surface area contributed by atoms with Crippen LogP contribution in [-0.4, -0.2) is 21.3 Å². The lowest BCUT2D eigenvalue weighted by molar-refractivity contribution is 0.690. The van der Waals surface area contributed by atoms with Gasteiger partial charge >= 0.3 is 0 Å². The van der Waals surface area contributed by atoms with Crippen molar-refractivity contribution in [2.24, 2.45) is 5.73 Å². The van der Waals surface area contributed by atoms with E-state index >= 15 is 0 Å². The molecule has 0 atom stereocenters. The predicted octanol–water partition coefficient (Wildman–Crippen LogP) is -0.000700. The van der Waals surface area contributed by atoms with Crippen LogP contribution in [0, 0.1) is 0 Å². The van der Waals surface area contributed by atoms with E-state index in [0.717, 1.165) is 11.3 Å². The van der Waals surface area contributed by atoms with Crippen molar-refractivity contribution >= 4 is 15.9 Å². The number of nitrogens with zero attached hydrogens (tertiary/aromatic N) is 3. The topological polar surface area (TPSA) is 56.7 Å². The zero-order valence-corrected chi connectivity index (χ0v) is 6.37. The molecule has 0 radical (unpaired) electrons. The summed E-state index contributed by atoms with van der Waals surface area (Å²) in [5, 5.41) is 7.36. The Labute approximate surface area is 61.2 Å². The van der Waals surface area contributed by atoms with E-state index in [0.29, 0.717) is 6.54 Å². The maximum absolute atomic E-state index is 5.29. The first-order valence-electron chi connectivity index (χ1n) is 2.58. The molecule has 0 aliphatic heterocycles. The van der Waals surface area contributed by atoms with Crippen molar-refractivity contribution in [1.82, 2.24) is 14.8 Å². The predicted molar refractivity (Wildman–Crippen MR) is 36.8 cm³/mol. The summed E-state index contributed by atoms with van der Waals surface area (Å²) in [6, 6.07) is 0. The van der Waals surface area contributed by atoms with Crippen molar-refractivity contribution in [2.75, 3.05) is 6.54 Å². The first-order valence-corrected chi connectivity index (χ1v) is 3.37. The van der Waals surface area contributed by atoms with Crippen LogP contribution >= 0.6 is 15.9 Å². The fourth-order valence-electron chi connectivity index (χ4n) is 0.530. The van der Waals surface area contributed by atoms with Crippen LogP contribution in [0.5, 0.6) is 0 Å². The molecule has 0 unspecified atom stereocenters. The first-order chi connectivity index (χ1) is 4.34. The van der Waals surface area contributed by atoms with Gasteiger partial charge in [-0.15, -0.1) is 10.2 Å². The van der Waals surface area contributed by atoms with Crippen LogP contribution in [0.25, 0.3) is 0 Å². The summed E-state index contributed by atoms with van der Waals surface area (Å²) in [5.41, 5.74) is 5.29. The quantitative estimate of drug-likeness (QED) is 0.715. The molecule has 0 bridgehead atoms. The molecule has 0 aromatic carbocycles. The molecule has 0 aliphatic rings. The molecular formula is C4H7BrN4. The Morgan fingerprint density at radius 1 is 1.78 bits per heavy atom. The molecule has 9 heavy (non-hydrogen) atoms. The van der Waals surface area contributed by atoms with Gasteiger partial charge in [0.25, 0.3) is 0 Å². The molecule has 1 rings (SSSR count). The third kappa shape index (κ3) is 1.49. The highest BCUT2D eigenvalue weighted by molar-refractivity contribution is 9.10. The molecule has 4 nitrogen and oxygen atoms in total. The van der Waals surface area contributed by atoms with Crippen LogP contribution in [0.15, 0.2) is 11.1 Å². The van der Waals surface area contributed by atoms with Crippen molar-refractivity contribution in [3.63, 3.8) is 0 Å². The number of hydrogen-bond donors (Lipinski definition) is 1. The van der Waals surface area contributed by atoms with E-state index in [9.17, 15) is 0 Å². The van der Waals surface area contributed by atoms with Gasteiger partial charge in [0, 0.05) is 13.1 Å². The highest BCUT2D eigenvalue weighted by Gasteiger charge is 1.95. The normalized spacial score (nSPS) is 10.0. The molecule has 0 saturated carbocycles. The largest absolute Gasteiger partial charge is 0.329 e. The highest BCUT2D eigenvalue weighted by atomic mass is 79.9. The Balaban J connectivity index is 2.69. The number of hydrogen-bond acceptors (Lipinski definition) is 3. The summed E-state index contributed by atoms with van der Waals surface area (Å²) in [5.74, 6) is 0. The minimum Gasteiger partial charge on any atom is -0.329 e. The van der Waals surface area contributed by atoms with Crippen molar-refractivity contribution in [1.29, 1.82) is 0 Å². The average Bonchev–Trinajstić information content (AvgIpc) is 2.18. The van der Waals surface area contributed by atoms with E-state index in [1.54, 1.807) is 6.33 Å². The third-order valence-electron chi connectivity index (χ3n) is 0.938. The van der Waals surface area contributed by atoms with Crippen molar-refractivity contribution in [3.05, 3.63) is 11.1 Å². The Morgan fingerprint density at radius 2 is 2.56 bits per heavy atom. The molecular weight excluding hydrogens is 184 g/mol. The Kier molecular flexibility index (Phi) is 2.18. The molecule has 1 aromatic heterocycles. The van der Waals surface area contributed by atoms with Crippen molar-refractivity contribution in [2.45, 2.75) is 6.54 Å². The van der Waals surface area contributed by atoms with Gasteiger partial charge in [-0.25, -0.2) is 0 Å². The molecule has 0 aliphatic carbocycles. The fourth-order valence-corrected chi connectivity index (χ4v) is 0.890. The molecule has 0 spiro atoms. The van der Waals surface area contributed by atoms with Crippen LogP contribution in [0.4, 0.5) is 0 Å². The van der Waals surface area contributed by atoms with Gasteiger partial charge in [0.2, 0.25) is 0 Å². The maximum atomic E-state index is 5.29. The molecule has 0 fully saturated rings. The standard InChI is InChI=1S/C4H7BrN4/c5-4-8-7-3-9(4)2-1-6/h3H,1-2,6H2. The van der Waals surface area contributed by atoms with E-state index in [1.807, 2.05) is 4.57 Å². The van der Waals surface area contributed by atoms with Crippen LogP contribution in [0.2, 0.25) is 0 Å². The van der Waals surface area contributed by atoms with E-state index in [2.05, 4.69) is 26.1 Å². The second-order valence-electron chi connectivity index (χ2n) is 1.58. The van der Waals surface area contributed by atoms with Crippen LogP contribution in [0.3, 0.4) is 0 Å². The van der Waals surface area contributed by atoms with E-state index < -0.39 is 0 Å². The zero-order valence-electron chi connectivity index (χ0n) is 4.79. The van der Waals surface area contributed by atoms with Crippen LogP contribution in [-0.2, 0) is 6.54 Å². The summed E-state index contributed by atoms with van der Waals surface area (Å²) in [6.07, 6.45) is 1.64. The molecule has 0 amide bonds. The number of halogens is 1. The van der Waals surface area contributed by atoms with E-state index in [-0.39, 0.29) is 0 Å². The average molecular weight is 191 g/mol. The lowest BCUT2D eigenvalue weighted by Crippen LogP contribution is -2.08. The Hall–Kier alpha value is -0.420. The first kappa shape index (κ1) is 6.70. The lowest BCUT2D eigenvalue weighted by atomic mass is 10.6. The Morgan fingerprint density at radius 3 is 3.00 bits per heavy atom. The van der Waals surface area contributed by atoms with Crippen LogP contribution in [0.1, 0.15) is 0 Å². The monoisotopic (exact) mass is 190 g/mol. The second kappa shape index (κ2) is 2.93. The Bertz CT molecular complexity index is 184. The molecule has 1 heterocycles. The summed E-state index contributed by atoms with van der Waals surface area (Å²) >= 11 is 3.20. The van der Waals surface area contributed by atoms with Gasteiger partial charge in [-0.05, 0) is 15.9 Å². The molecule has 0 saturated heterocycles. The molecule has 1 aromatic rings. The van der Waals surface area contributed by atoms with Crippen LogP contribution < -0.4 is 5.73 Å². The minimum atomic E-state index is 0.608. The molecule has 5 heteroatoms. The number of rotatable bonds is 2. The van der Waals surface area contributed by atoms with Gasteiger partial charge in [-0.3, -0.25) is 0 Å². The highest BCUT2D eigenvalue weighted by Crippen LogP contribution is 2.01. The van der Waals surface area contributed by atoms with Crippen molar-refractivity contribution in [3.8, 4) is 0 Å². The third-order valence-corrected chi connectivity index (χ3v) is 1.55. The summed E-state index contributed by atoms with van der Waals surface area (Å²) in [4.78, 5) is 0. The summed E-state index contributed by atoms with van der Waals surface area (Å²) in [7, 11) is 0. The molecule has 50 valence electrons. The fraction of sp³-hybridized carbons (Fsp3) is 0.500. The zero-order chi connectivity index (χ0) is 6.69. The SMILES string of the molecule is NCCn1cnnc1Br. The second-order valence-corrected chi connectivity index (χ2v) is 2.29. The summed E-state index contributed by atoms with van der Waals surface area (Å²) in [6.45, 7) is 1.37. The molecule has 2 N–H and O–H groups in total. The van der Waals surface area contributed by atoms with Gasteiger partial charge in [0.05, 0.1) is 0 Å². The number of aromatic nitrogens is 3. The number of nitrogens with two attached hydrogens (primary N) is 1. The maximum Gasteiger partial charge on any atom is 0.199 e. The van der Waals surface area contributed by atoms with Gasteiger partial charge in [-0.2, -0.15) is 0 Å². The minimum absolute atomic E-state index is 0.608. The van der Waals surface area contributed by atoms with Gasteiger partial charge in [0.15, 0.2) is 4.73 Å². The summed E-state index contributed by atoms with van der Waals surface area (Å²) < 4.78 is 2.56. The van der Waals surface area contributed by atoms with E-state index in [1.165, 1.54) is 0 Å². The lowest BCUT2D eigenvalue weighted by Gasteiger charge is -1.95. The van der Waals surface area contributed by atoms with Gasteiger partial charge in [0.1, 0.15) is 6.33 Å². The van der Waals surface area contributed by atoms with Crippen molar-refractivity contribution < 1.29 is 0 Å². The van der Waals surface area contributed by atoms with Gasteiger partial charge in [-0.1, -0.05) is 0 Å². The van der Waals surface area contributed by atoms with E-state index in [4.69, 9.17) is 5.73 Å². The van der Waals surface area contributed by atoms with Gasteiger partial charge < -0.3 is 10.3 Å². The smallest absolute Gasteiger partial charge is 0.199 e.